The fraction of sp³-hybridized carbons (Fsp3) is 0.0476. The molecule has 0 fully saturated rings. The number of hydrogen-bond donors (Lipinski definition) is 2. The predicted octanol–water partition coefficient (Wildman–Crippen LogP) is 5.37. The van der Waals surface area contributed by atoms with Crippen molar-refractivity contribution in [2.45, 2.75) is 0 Å². The van der Waals surface area contributed by atoms with Gasteiger partial charge in [-0.15, -0.1) is 0 Å². The number of anilines is 2. The van der Waals surface area contributed by atoms with E-state index in [0.29, 0.717) is 44.2 Å². The summed E-state index contributed by atoms with van der Waals surface area (Å²) in [7, 11) is 0. The lowest BCUT2D eigenvalue weighted by Gasteiger charge is -2.11. The van der Waals surface area contributed by atoms with Crippen LogP contribution in [0.4, 0.5) is 11.4 Å². The smallest absolute Gasteiger partial charge is 0.262 e. The van der Waals surface area contributed by atoms with Crippen LogP contribution in [0.15, 0.2) is 60.7 Å². The van der Waals surface area contributed by atoms with Crippen LogP contribution in [-0.2, 0) is 4.79 Å². The molecule has 6 nitrogen and oxygen atoms in total. The third kappa shape index (κ3) is 4.29. The minimum atomic E-state index is -0.408. The summed E-state index contributed by atoms with van der Waals surface area (Å²) in [5, 5.41) is 6.26. The molecule has 0 unspecified atom stereocenters. The second-order valence-electron chi connectivity index (χ2n) is 6.17. The molecule has 0 spiro atoms. The molecule has 0 aliphatic carbocycles. The Kier molecular flexibility index (Phi) is 5.29. The summed E-state index contributed by atoms with van der Waals surface area (Å²) in [6.07, 6.45) is 0. The van der Waals surface area contributed by atoms with Crippen LogP contribution < -0.4 is 20.1 Å². The molecule has 3 aromatic rings. The first-order valence-electron chi connectivity index (χ1n) is 8.59. The zero-order chi connectivity index (χ0) is 20.4. The van der Waals surface area contributed by atoms with E-state index in [9.17, 15) is 9.59 Å². The van der Waals surface area contributed by atoms with E-state index in [1.165, 1.54) is 6.07 Å². The van der Waals surface area contributed by atoms with E-state index in [1.54, 1.807) is 48.5 Å². The van der Waals surface area contributed by atoms with Gasteiger partial charge in [0.2, 0.25) is 0 Å². The molecule has 8 heteroatoms. The molecule has 0 radical (unpaired) electrons. The van der Waals surface area contributed by atoms with Gasteiger partial charge in [0.1, 0.15) is 11.5 Å². The van der Waals surface area contributed by atoms with Gasteiger partial charge < -0.3 is 20.1 Å². The highest BCUT2D eigenvalue weighted by atomic mass is 35.5. The number of rotatable bonds is 4. The maximum absolute atomic E-state index is 12.5. The van der Waals surface area contributed by atoms with Crippen molar-refractivity contribution in [1.29, 1.82) is 0 Å². The number of benzene rings is 3. The van der Waals surface area contributed by atoms with Gasteiger partial charge in [-0.25, -0.2) is 0 Å². The lowest BCUT2D eigenvalue weighted by molar-refractivity contribution is -0.118. The van der Waals surface area contributed by atoms with Gasteiger partial charge >= 0.3 is 0 Å². The molecule has 2 amide bonds. The average Bonchev–Trinajstić information content (AvgIpc) is 2.83. The molecule has 0 bridgehead atoms. The van der Waals surface area contributed by atoms with Gasteiger partial charge in [0.05, 0.1) is 16.3 Å². The van der Waals surface area contributed by atoms with Gasteiger partial charge in [-0.2, -0.15) is 0 Å². The zero-order valence-electron chi connectivity index (χ0n) is 14.9. The number of carbonyl (C=O) groups excluding carboxylic acids is 2. The standard InChI is InChI=1S/C21H14Cl2N2O4/c22-12-5-7-18(15(23)9-12)28-11-20(26)24-13-6-8-17-14(10-13)21(27)25-16-3-1-2-4-19(16)29-17/h1-10H,11H2,(H,24,26)(H,25,27). The minimum Gasteiger partial charge on any atom is -0.482 e. The molecule has 0 saturated carbocycles. The van der Waals surface area contributed by atoms with Crippen molar-refractivity contribution in [2.24, 2.45) is 0 Å². The summed E-state index contributed by atoms with van der Waals surface area (Å²) < 4.78 is 11.2. The van der Waals surface area contributed by atoms with Crippen LogP contribution in [0, 0.1) is 0 Å². The topological polar surface area (TPSA) is 76.7 Å². The molecule has 2 N–H and O–H groups in total. The van der Waals surface area contributed by atoms with Crippen LogP contribution in [0.2, 0.25) is 10.0 Å². The number of para-hydroxylation sites is 2. The van der Waals surface area contributed by atoms with Gasteiger partial charge in [0, 0.05) is 10.7 Å². The van der Waals surface area contributed by atoms with Crippen molar-refractivity contribution in [3.63, 3.8) is 0 Å². The Hall–Kier alpha value is -3.22. The SMILES string of the molecule is O=C(COc1ccc(Cl)cc1Cl)Nc1ccc2c(c1)C(=O)Nc1ccccc1O2. The Balaban J connectivity index is 1.46. The van der Waals surface area contributed by atoms with E-state index in [4.69, 9.17) is 32.7 Å². The summed E-state index contributed by atoms with van der Waals surface area (Å²) in [6.45, 7) is -0.257. The number of hydrogen-bond acceptors (Lipinski definition) is 4. The molecule has 1 aliphatic rings. The van der Waals surface area contributed by atoms with Crippen LogP contribution in [-0.4, -0.2) is 18.4 Å². The Labute approximate surface area is 176 Å². The predicted molar refractivity (Wildman–Crippen MR) is 111 cm³/mol. The van der Waals surface area contributed by atoms with E-state index in [1.807, 2.05) is 6.07 Å². The highest BCUT2D eigenvalue weighted by molar-refractivity contribution is 6.35. The summed E-state index contributed by atoms with van der Waals surface area (Å²) >= 11 is 11.9. The molecule has 0 saturated heterocycles. The Bertz CT molecular complexity index is 1120. The molecule has 1 aliphatic heterocycles. The number of nitrogens with one attached hydrogen (secondary N) is 2. The zero-order valence-corrected chi connectivity index (χ0v) is 16.4. The lowest BCUT2D eigenvalue weighted by Crippen LogP contribution is -2.20. The van der Waals surface area contributed by atoms with Crippen LogP contribution in [0.25, 0.3) is 0 Å². The summed E-state index contributed by atoms with van der Waals surface area (Å²) in [4.78, 5) is 24.8. The Morgan fingerprint density at radius 3 is 2.69 bits per heavy atom. The third-order valence-corrected chi connectivity index (χ3v) is 4.65. The number of carbonyl (C=O) groups is 2. The van der Waals surface area contributed by atoms with E-state index < -0.39 is 5.91 Å². The fourth-order valence-electron chi connectivity index (χ4n) is 2.77. The van der Waals surface area contributed by atoms with Crippen LogP contribution in [0.3, 0.4) is 0 Å². The Morgan fingerprint density at radius 2 is 1.86 bits per heavy atom. The van der Waals surface area contributed by atoms with Crippen molar-refractivity contribution in [2.75, 3.05) is 17.2 Å². The maximum atomic E-state index is 12.5. The first kappa shape index (κ1) is 19.1. The van der Waals surface area contributed by atoms with E-state index in [-0.39, 0.29) is 12.5 Å². The first-order chi connectivity index (χ1) is 14.0. The minimum absolute atomic E-state index is 0.257. The van der Waals surface area contributed by atoms with E-state index in [0.717, 1.165) is 0 Å². The highest BCUT2D eigenvalue weighted by Crippen LogP contribution is 2.36. The first-order valence-corrected chi connectivity index (χ1v) is 9.35. The maximum Gasteiger partial charge on any atom is 0.262 e. The molecule has 1 heterocycles. The van der Waals surface area contributed by atoms with Crippen LogP contribution >= 0.6 is 23.2 Å². The molecule has 4 rings (SSSR count). The molecular formula is C21H14Cl2N2O4. The van der Waals surface area contributed by atoms with Crippen molar-refractivity contribution >= 4 is 46.4 Å². The number of halogens is 2. The third-order valence-electron chi connectivity index (χ3n) is 4.12. The van der Waals surface area contributed by atoms with Crippen molar-refractivity contribution in [3.05, 3.63) is 76.3 Å². The second kappa shape index (κ2) is 8.03. The average molecular weight is 429 g/mol. The molecule has 29 heavy (non-hydrogen) atoms. The molecule has 0 aromatic heterocycles. The van der Waals surface area contributed by atoms with Crippen molar-refractivity contribution < 1.29 is 19.1 Å². The largest absolute Gasteiger partial charge is 0.482 e. The second-order valence-corrected chi connectivity index (χ2v) is 7.02. The van der Waals surface area contributed by atoms with Crippen LogP contribution in [0.1, 0.15) is 10.4 Å². The summed E-state index contributed by atoms with van der Waals surface area (Å²) in [5.74, 6) is 0.553. The van der Waals surface area contributed by atoms with Gasteiger partial charge in [-0.05, 0) is 48.5 Å². The van der Waals surface area contributed by atoms with Crippen LogP contribution in [0.5, 0.6) is 17.2 Å². The van der Waals surface area contributed by atoms with Gasteiger partial charge in [0.15, 0.2) is 12.4 Å². The molecule has 3 aromatic carbocycles. The van der Waals surface area contributed by atoms with Crippen molar-refractivity contribution in [3.8, 4) is 17.2 Å². The number of fused-ring (bicyclic) bond motifs is 2. The van der Waals surface area contributed by atoms with E-state index in [2.05, 4.69) is 10.6 Å². The molecule has 0 atom stereocenters. The molecule has 146 valence electrons. The molecular weight excluding hydrogens is 415 g/mol. The van der Waals surface area contributed by atoms with Gasteiger partial charge in [0.25, 0.3) is 11.8 Å². The summed E-state index contributed by atoms with van der Waals surface area (Å²) in [6, 6.07) is 16.7. The quantitative estimate of drug-likeness (QED) is 0.585. The van der Waals surface area contributed by atoms with E-state index >= 15 is 0 Å². The monoisotopic (exact) mass is 428 g/mol. The summed E-state index contributed by atoms with van der Waals surface area (Å²) in [5.41, 5.74) is 1.32. The fourth-order valence-corrected chi connectivity index (χ4v) is 3.24. The van der Waals surface area contributed by atoms with Gasteiger partial charge in [-0.3, -0.25) is 9.59 Å². The highest BCUT2D eigenvalue weighted by Gasteiger charge is 2.21. The number of amides is 2. The van der Waals surface area contributed by atoms with Gasteiger partial charge in [-0.1, -0.05) is 35.3 Å². The Morgan fingerprint density at radius 1 is 1.03 bits per heavy atom. The normalized spacial score (nSPS) is 12.0. The number of ether oxygens (including phenoxy) is 2. The lowest BCUT2D eigenvalue weighted by atomic mass is 10.1. The van der Waals surface area contributed by atoms with Crippen molar-refractivity contribution in [1.82, 2.24) is 0 Å².